The molecule has 0 aromatic heterocycles. The predicted octanol–water partition coefficient (Wildman–Crippen LogP) is 5.36. The first-order valence-corrected chi connectivity index (χ1v) is 20.5. The van der Waals surface area contributed by atoms with Crippen LogP contribution in [-0.4, -0.2) is 62.3 Å². The van der Waals surface area contributed by atoms with Gasteiger partial charge in [-0.1, -0.05) is 39.3 Å². The van der Waals surface area contributed by atoms with Crippen molar-refractivity contribution in [1.29, 1.82) is 0 Å². The summed E-state index contributed by atoms with van der Waals surface area (Å²) in [7, 11) is 1.04. The number of hydrogen-bond donors (Lipinski definition) is 0. The lowest BCUT2D eigenvalue weighted by Gasteiger charge is -2.31. The fourth-order valence-corrected chi connectivity index (χ4v) is 12.0. The quantitative estimate of drug-likeness (QED) is 0.296. The number of nitrogens with zero attached hydrogens (tertiary/aromatic N) is 1. The Balaban J connectivity index is 2.27. The highest BCUT2D eigenvalue weighted by atomic mass is 127. The molecule has 0 N–H and O–H groups in total. The molecule has 0 radical (unpaired) electrons. The molecule has 0 fully saturated rings. The van der Waals surface area contributed by atoms with Crippen LogP contribution >= 0.6 is 22.6 Å². The highest BCUT2D eigenvalue weighted by Gasteiger charge is 2.42. The third kappa shape index (κ3) is 4.84. The summed E-state index contributed by atoms with van der Waals surface area (Å²) in [4.78, 5) is 4.95. The Hall–Kier alpha value is -1.93. The topological polar surface area (TPSA) is 67.7 Å². The molecule has 0 bridgehead atoms. The van der Waals surface area contributed by atoms with Gasteiger partial charge in [0, 0.05) is 14.7 Å². The van der Waals surface area contributed by atoms with Crippen molar-refractivity contribution < 1.29 is 28.4 Å². The molecule has 0 aliphatic carbocycles. The summed E-state index contributed by atoms with van der Waals surface area (Å²) >= 11 is 2.50. The van der Waals surface area contributed by atoms with Crippen molar-refractivity contribution in [1.82, 2.24) is 0 Å². The van der Waals surface area contributed by atoms with Crippen molar-refractivity contribution in [3.05, 3.63) is 15.2 Å². The molecule has 10 heteroatoms. The van der Waals surface area contributed by atoms with Crippen LogP contribution in [0.25, 0.3) is 11.1 Å². The minimum atomic E-state index is -2.01. The van der Waals surface area contributed by atoms with E-state index in [1.54, 1.807) is 21.3 Å². The van der Waals surface area contributed by atoms with Gasteiger partial charge >= 0.3 is 0 Å². The first-order chi connectivity index (χ1) is 17.2. The smallest absolute Gasteiger partial charge is 0.231 e. The molecule has 7 nitrogen and oxygen atoms in total. The molecule has 0 unspecified atom stereocenters. The summed E-state index contributed by atoms with van der Waals surface area (Å²) < 4.78 is 37.5. The molecule has 2 aromatic carbocycles. The van der Waals surface area contributed by atoms with Crippen LogP contribution in [0.2, 0.25) is 39.3 Å². The molecule has 0 saturated carbocycles. The summed E-state index contributed by atoms with van der Waals surface area (Å²) in [5.41, 5.74) is 2.46. The average molecular weight is 656 g/mol. The Kier molecular flexibility index (Phi) is 7.34. The highest BCUT2D eigenvalue weighted by molar-refractivity contribution is 14.1. The number of rotatable bonds is 7. The summed E-state index contributed by atoms with van der Waals surface area (Å²) in [6.07, 6.45) is 0. The van der Waals surface area contributed by atoms with E-state index in [1.807, 2.05) is 6.07 Å². The molecule has 2 aliphatic heterocycles. The van der Waals surface area contributed by atoms with Crippen molar-refractivity contribution in [3.63, 3.8) is 0 Å². The lowest BCUT2D eigenvalue weighted by molar-refractivity contribution is 0.175. The van der Waals surface area contributed by atoms with Crippen LogP contribution in [0.5, 0.6) is 28.7 Å². The van der Waals surface area contributed by atoms with Gasteiger partial charge in [0.2, 0.25) is 18.4 Å². The van der Waals surface area contributed by atoms with E-state index >= 15 is 0 Å². The van der Waals surface area contributed by atoms with E-state index in [9.17, 15) is 0 Å². The third-order valence-corrected chi connectivity index (χ3v) is 12.1. The Morgan fingerprint density at radius 2 is 1.38 bits per heavy atom. The molecule has 2 aliphatic rings. The van der Waals surface area contributed by atoms with Gasteiger partial charge in [-0.15, -0.1) is 0 Å². The zero-order valence-corrected chi connectivity index (χ0v) is 27.9. The van der Waals surface area contributed by atoms with E-state index in [0.29, 0.717) is 29.8 Å². The molecule has 2 aromatic rings. The standard InChI is InChI=1S/C27H38INO6Si2/c1-27(2)13-33-26(29-27)15-12-16(30-3)20(31-4)21(32-5)17(15)18-19(28)25(37(9,10)11)23-22(34-14-35-23)24(18)36(6,7)8/h12H,13-14H2,1-11H3. The molecule has 202 valence electrons. The van der Waals surface area contributed by atoms with Gasteiger partial charge in [-0.05, 0) is 52.9 Å². The van der Waals surface area contributed by atoms with Crippen molar-refractivity contribution in [2.45, 2.75) is 58.7 Å². The van der Waals surface area contributed by atoms with Crippen LogP contribution in [0, 0.1) is 3.57 Å². The second-order valence-electron chi connectivity index (χ2n) is 12.1. The van der Waals surface area contributed by atoms with Crippen LogP contribution in [0.1, 0.15) is 19.4 Å². The zero-order valence-electron chi connectivity index (χ0n) is 23.8. The molecule has 37 heavy (non-hydrogen) atoms. The van der Waals surface area contributed by atoms with Crippen LogP contribution < -0.4 is 34.1 Å². The van der Waals surface area contributed by atoms with Gasteiger partial charge in [0.25, 0.3) is 0 Å². The summed E-state index contributed by atoms with van der Waals surface area (Å²) in [5, 5.41) is 2.44. The number of aliphatic imine (C=N–C) groups is 1. The van der Waals surface area contributed by atoms with Crippen molar-refractivity contribution in [2.24, 2.45) is 4.99 Å². The molecule has 0 saturated heterocycles. The monoisotopic (exact) mass is 655 g/mol. The van der Waals surface area contributed by atoms with Crippen LogP contribution in [-0.2, 0) is 4.74 Å². The Labute approximate surface area is 236 Å². The van der Waals surface area contributed by atoms with Crippen molar-refractivity contribution in [3.8, 4) is 39.9 Å². The lowest BCUT2D eigenvalue weighted by Crippen LogP contribution is -2.46. The first kappa shape index (κ1) is 28.1. The number of halogens is 1. The Morgan fingerprint density at radius 1 is 0.811 bits per heavy atom. The number of benzene rings is 2. The van der Waals surface area contributed by atoms with Gasteiger partial charge in [0.1, 0.15) is 6.61 Å². The number of methoxy groups -OCH3 is 3. The first-order valence-electron chi connectivity index (χ1n) is 12.4. The highest BCUT2D eigenvalue weighted by Crippen LogP contribution is 2.50. The fraction of sp³-hybridized carbons (Fsp3) is 0.519. The third-order valence-electron chi connectivity index (χ3n) is 6.53. The number of fused-ring (bicyclic) bond motifs is 1. The molecular weight excluding hydrogens is 617 g/mol. The SMILES string of the molecule is COc1cc(C2=NC(C)(C)CO2)c(-c2c(I)c([Si](C)(C)C)c3c(c2[Si](C)(C)C)OCO3)c(OC)c1OC. The van der Waals surface area contributed by atoms with E-state index in [-0.39, 0.29) is 12.3 Å². The van der Waals surface area contributed by atoms with E-state index in [2.05, 4.69) is 75.7 Å². The minimum Gasteiger partial charge on any atom is -0.493 e. The molecule has 0 amide bonds. The number of ether oxygens (including phenoxy) is 6. The van der Waals surface area contributed by atoms with Crippen LogP contribution in [0.15, 0.2) is 11.1 Å². The van der Waals surface area contributed by atoms with Gasteiger partial charge in [0.05, 0.1) is 48.6 Å². The second-order valence-corrected chi connectivity index (χ2v) is 23.2. The largest absolute Gasteiger partial charge is 0.493 e. The van der Waals surface area contributed by atoms with Crippen molar-refractivity contribution in [2.75, 3.05) is 34.7 Å². The van der Waals surface area contributed by atoms with E-state index in [1.165, 1.54) is 10.4 Å². The molecule has 0 atom stereocenters. The second kappa shape index (κ2) is 9.67. The Morgan fingerprint density at radius 3 is 1.84 bits per heavy atom. The van der Waals surface area contributed by atoms with Gasteiger partial charge in [-0.25, -0.2) is 4.99 Å². The normalized spacial score (nSPS) is 16.4. The molecular formula is C27H38INO6Si2. The van der Waals surface area contributed by atoms with Gasteiger partial charge in [-0.2, -0.15) is 0 Å². The maximum absolute atomic E-state index is 6.26. The molecule has 0 spiro atoms. The molecule has 4 rings (SSSR count). The average Bonchev–Trinajstić information content (AvgIpc) is 3.40. The number of hydrogen-bond acceptors (Lipinski definition) is 7. The predicted molar refractivity (Wildman–Crippen MR) is 163 cm³/mol. The fourth-order valence-electron chi connectivity index (χ4n) is 5.01. The zero-order chi connectivity index (χ0) is 27.5. The van der Waals surface area contributed by atoms with Gasteiger partial charge in [-0.3, -0.25) is 0 Å². The van der Waals surface area contributed by atoms with Gasteiger partial charge < -0.3 is 28.4 Å². The lowest BCUT2D eigenvalue weighted by atomic mass is 9.96. The van der Waals surface area contributed by atoms with E-state index in [0.717, 1.165) is 31.8 Å². The van der Waals surface area contributed by atoms with E-state index < -0.39 is 16.1 Å². The Bertz CT molecular complexity index is 1280. The minimum absolute atomic E-state index is 0.226. The van der Waals surface area contributed by atoms with E-state index in [4.69, 9.17) is 33.4 Å². The summed E-state index contributed by atoms with van der Waals surface area (Å²) in [6, 6.07) is 1.96. The maximum Gasteiger partial charge on any atom is 0.231 e. The van der Waals surface area contributed by atoms with Crippen LogP contribution in [0.3, 0.4) is 0 Å². The van der Waals surface area contributed by atoms with Crippen LogP contribution in [0.4, 0.5) is 0 Å². The maximum atomic E-state index is 6.26. The summed E-state index contributed by atoms with van der Waals surface area (Å²) in [6.45, 7) is 18.9. The van der Waals surface area contributed by atoms with Crippen molar-refractivity contribution >= 4 is 55.0 Å². The molecule has 2 heterocycles. The summed E-state index contributed by atoms with van der Waals surface area (Å²) in [5.74, 6) is 4.02. The van der Waals surface area contributed by atoms with Gasteiger partial charge in [0.15, 0.2) is 23.0 Å².